The normalized spacial score (nSPS) is 21.3. The first-order valence-corrected chi connectivity index (χ1v) is 15.3. The van der Waals surface area contributed by atoms with E-state index in [1.54, 1.807) is 19.9 Å². The second kappa shape index (κ2) is 10.8. The van der Waals surface area contributed by atoms with Gasteiger partial charge in [-0.3, -0.25) is 14.4 Å². The van der Waals surface area contributed by atoms with E-state index in [2.05, 4.69) is 15.4 Å². The number of nitrogens with zero attached hydrogens (tertiary/aromatic N) is 2. The number of nitrogens with two attached hydrogens (primary N) is 1. The predicted molar refractivity (Wildman–Crippen MR) is 160 cm³/mol. The maximum atomic E-state index is 15.2. The summed E-state index contributed by atoms with van der Waals surface area (Å²) in [5.41, 5.74) is 5.39. The lowest BCUT2D eigenvalue weighted by atomic mass is 9.81. The third kappa shape index (κ3) is 4.75. The van der Waals surface area contributed by atoms with Crippen LogP contribution in [0, 0.1) is 12.7 Å². The Balaban J connectivity index is 1.26. The van der Waals surface area contributed by atoms with E-state index in [9.17, 15) is 29.1 Å². The number of aliphatic hydroxyl groups is 1. The predicted octanol–water partition coefficient (Wildman–Crippen LogP) is 1.35. The van der Waals surface area contributed by atoms with Gasteiger partial charge >= 0.3 is 12.1 Å². The number of carbonyl (C=O) groups excluding carboxylic acids is 4. The number of hydrogen-bond donors (Lipinski definition) is 4. The highest BCUT2D eigenvalue weighted by molar-refractivity contribution is 5.95. The maximum Gasteiger partial charge on any atom is 0.405 e. The van der Waals surface area contributed by atoms with Crippen LogP contribution in [0.1, 0.15) is 72.0 Å². The molecule has 4 heterocycles. The summed E-state index contributed by atoms with van der Waals surface area (Å²) >= 11 is 0. The number of aryl methyl sites for hydroxylation is 1. The van der Waals surface area contributed by atoms with Crippen molar-refractivity contribution in [3.8, 4) is 11.4 Å². The van der Waals surface area contributed by atoms with Crippen LogP contribution in [0.15, 0.2) is 16.9 Å². The van der Waals surface area contributed by atoms with Gasteiger partial charge in [-0.05, 0) is 61.8 Å². The number of cyclic esters (lactones) is 1. The molecule has 1 aromatic carbocycles. The number of pyridine rings is 2. The summed E-state index contributed by atoms with van der Waals surface area (Å²) < 4.78 is 32.1. The number of fused-ring (bicyclic) bond motifs is 5. The fourth-order valence-electron chi connectivity index (χ4n) is 6.98. The minimum Gasteiger partial charge on any atom is -0.458 e. The lowest BCUT2D eigenvalue weighted by molar-refractivity contribution is -0.172. The Morgan fingerprint density at radius 2 is 1.98 bits per heavy atom. The number of carbonyl (C=O) groups is 4. The summed E-state index contributed by atoms with van der Waals surface area (Å²) in [5, 5.41) is 17.5. The minimum atomic E-state index is -2.00. The van der Waals surface area contributed by atoms with E-state index in [0.29, 0.717) is 59.1 Å². The van der Waals surface area contributed by atoms with Crippen LogP contribution in [-0.4, -0.2) is 57.5 Å². The molecule has 47 heavy (non-hydrogen) atoms. The van der Waals surface area contributed by atoms with Crippen LogP contribution in [0.3, 0.4) is 0 Å². The van der Waals surface area contributed by atoms with Gasteiger partial charge in [0.25, 0.3) is 17.4 Å². The number of halogens is 1. The molecule has 0 bridgehead atoms. The smallest absolute Gasteiger partial charge is 0.405 e. The van der Waals surface area contributed by atoms with E-state index >= 15 is 4.39 Å². The molecule has 7 rings (SSSR count). The average molecular weight is 650 g/mol. The van der Waals surface area contributed by atoms with Gasteiger partial charge in [-0.25, -0.2) is 19.0 Å². The van der Waals surface area contributed by atoms with E-state index in [-0.39, 0.29) is 37.4 Å². The van der Waals surface area contributed by atoms with Gasteiger partial charge in [-0.2, -0.15) is 0 Å². The van der Waals surface area contributed by atoms with Crippen molar-refractivity contribution in [2.75, 3.05) is 13.3 Å². The zero-order valence-corrected chi connectivity index (χ0v) is 25.7. The molecular formula is C32H32FN5O9. The highest BCUT2D eigenvalue weighted by Crippen LogP contribution is 2.47. The van der Waals surface area contributed by atoms with Crippen LogP contribution in [0.4, 0.5) is 9.18 Å². The van der Waals surface area contributed by atoms with Gasteiger partial charge in [0, 0.05) is 22.6 Å². The van der Waals surface area contributed by atoms with Crippen molar-refractivity contribution in [1.82, 2.24) is 20.2 Å². The molecule has 0 radical (unpaired) electrons. The molecule has 246 valence electrons. The quantitative estimate of drug-likeness (QED) is 0.159. The van der Waals surface area contributed by atoms with Gasteiger partial charge in [-0.1, -0.05) is 6.92 Å². The SMILES string of the molecule is CC[C@@]1(O)C(=O)OCc2c1cc1n(c2=O)Cc2c-1nc1cc(F)c(C)c3c1c2[C@@H](NC(=O)C1(OCNC(=O)COC(N)=O)CC1)CC3. The number of ether oxygens (including phenoxy) is 3. The van der Waals surface area contributed by atoms with Crippen LogP contribution in [0.5, 0.6) is 0 Å². The number of rotatable bonds is 8. The molecule has 0 spiro atoms. The average Bonchev–Trinajstić information content (AvgIpc) is 3.75. The molecule has 14 nitrogen and oxygen atoms in total. The van der Waals surface area contributed by atoms with Crippen molar-refractivity contribution in [3.63, 3.8) is 0 Å². The van der Waals surface area contributed by atoms with Gasteiger partial charge in [-0.15, -0.1) is 0 Å². The summed E-state index contributed by atoms with van der Waals surface area (Å²) in [4.78, 5) is 67.5. The van der Waals surface area contributed by atoms with E-state index in [0.717, 1.165) is 11.1 Å². The molecule has 15 heteroatoms. The Bertz CT molecular complexity index is 1990. The highest BCUT2D eigenvalue weighted by Gasteiger charge is 2.52. The zero-order chi connectivity index (χ0) is 33.4. The maximum absolute atomic E-state index is 15.2. The molecule has 0 saturated heterocycles. The fraction of sp³-hybridized carbons (Fsp3) is 0.438. The third-order valence-electron chi connectivity index (χ3n) is 9.76. The molecule has 0 unspecified atom stereocenters. The number of aromatic nitrogens is 2. The largest absolute Gasteiger partial charge is 0.458 e. The van der Waals surface area contributed by atoms with Crippen LogP contribution in [0.2, 0.25) is 0 Å². The fourth-order valence-corrected chi connectivity index (χ4v) is 6.98. The van der Waals surface area contributed by atoms with Crippen LogP contribution in [-0.2, 0) is 53.8 Å². The first-order valence-electron chi connectivity index (χ1n) is 15.3. The lowest BCUT2D eigenvalue weighted by Crippen LogP contribution is -2.44. The van der Waals surface area contributed by atoms with Crippen molar-refractivity contribution >= 4 is 34.8 Å². The second-order valence-electron chi connectivity index (χ2n) is 12.4. The number of primary amides is 1. The molecular weight excluding hydrogens is 617 g/mol. The molecule has 3 amide bonds. The molecule has 1 fully saturated rings. The summed E-state index contributed by atoms with van der Waals surface area (Å²) in [6.45, 7) is 2.27. The molecule has 2 aliphatic carbocycles. The molecule has 5 N–H and O–H groups in total. The number of esters is 1. The zero-order valence-electron chi connectivity index (χ0n) is 25.7. The molecule has 4 aliphatic rings. The summed E-state index contributed by atoms with van der Waals surface area (Å²) in [6.07, 6.45) is 0.621. The first kappa shape index (κ1) is 30.7. The third-order valence-corrected chi connectivity index (χ3v) is 9.76. The van der Waals surface area contributed by atoms with Crippen molar-refractivity contribution in [2.24, 2.45) is 5.73 Å². The van der Waals surface area contributed by atoms with Crippen molar-refractivity contribution in [1.29, 1.82) is 0 Å². The first-order chi connectivity index (χ1) is 22.4. The van der Waals surface area contributed by atoms with Crippen molar-refractivity contribution in [2.45, 2.75) is 76.3 Å². The van der Waals surface area contributed by atoms with E-state index < -0.39 is 59.1 Å². The Morgan fingerprint density at radius 1 is 1.21 bits per heavy atom. The standard InChI is InChI=1S/C32H32FN5O9/c1-3-32(44)18-8-22-26-16(10-38(22)27(40)17(18)11-45-29(32)42)25-20(5-4-15-14(2)19(33)9-21(36-26)24(15)25)37-28(41)31(6-7-31)47-13-35-23(39)12-46-30(34)43/h8-9,20,44H,3-7,10-13H2,1-2H3,(H2,34,43)(H,35,39)(H,37,41)/t20-,32-/m0/s1. The molecule has 2 aliphatic heterocycles. The highest BCUT2D eigenvalue weighted by atomic mass is 19.1. The number of nitrogens with one attached hydrogen (secondary N) is 2. The van der Waals surface area contributed by atoms with Gasteiger partial charge in [0.15, 0.2) is 12.2 Å². The Morgan fingerprint density at radius 3 is 2.68 bits per heavy atom. The van der Waals surface area contributed by atoms with Gasteiger partial charge in [0.1, 0.15) is 24.8 Å². The molecule has 2 aromatic heterocycles. The lowest BCUT2D eigenvalue weighted by Gasteiger charge is -2.31. The topological polar surface area (TPSA) is 201 Å². The van der Waals surface area contributed by atoms with Crippen molar-refractivity contribution < 1.29 is 42.9 Å². The second-order valence-corrected chi connectivity index (χ2v) is 12.4. The van der Waals surface area contributed by atoms with E-state index in [1.165, 1.54) is 10.6 Å². The summed E-state index contributed by atoms with van der Waals surface area (Å²) in [5.74, 6) is -2.30. The van der Waals surface area contributed by atoms with Gasteiger partial charge in [0.2, 0.25) is 0 Å². The Hall–Kier alpha value is -4.89. The minimum absolute atomic E-state index is 0.0123. The van der Waals surface area contributed by atoms with Crippen LogP contribution >= 0.6 is 0 Å². The number of amides is 3. The van der Waals surface area contributed by atoms with Crippen LogP contribution in [0.25, 0.3) is 22.3 Å². The summed E-state index contributed by atoms with van der Waals surface area (Å²) in [6, 6.07) is 2.39. The Labute approximate surface area is 266 Å². The monoisotopic (exact) mass is 649 g/mol. The van der Waals surface area contributed by atoms with Gasteiger partial charge in [0.05, 0.1) is 35.1 Å². The van der Waals surface area contributed by atoms with Gasteiger partial charge < -0.3 is 40.3 Å². The molecule has 3 aromatic rings. The summed E-state index contributed by atoms with van der Waals surface area (Å²) in [7, 11) is 0. The Kier molecular flexibility index (Phi) is 7.09. The number of benzene rings is 1. The molecule has 1 saturated carbocycles. The van der Waals surface area contributed by atoms with Crippen LogP contribution < -0.4 is 21.9 Å². The van der Waals surface area contributed by atoms with Crippen molar-refractivity contribution in [3.05, 3.63) is 61.7 Å². The number of hydrogen-bond acceptors (Lipinski definition) is 10. The molecule has 2 atom stereocenters. The van der Waals surface area contributed by atoms with E-state index in [4.69, 9.17) is 20.2 Å². The van der Waals surface area contributed by atoms with E-state index in [1.807, 2.05) is 0 Å².